The molecule has 0 aromatic heterocycles. The van der Waals surface area contributed by atoms with Crippen LogP contribution < -0.4 is 20.7 Å². The number of thioether (sulfide) groups is 1. The zero-order valence-corrected chi connectivity index (χ0v) is 27.1. The molecule has 5 aromatic rings. The Morgan fingerprint density at radius 2 is 1.47 bits per heavy atom. The molecule has 0 bridgehead atoms. The van der Waals surface area contributed by atoms with Crippen LogP contribution in [0.1, 0.15) is 33.7 Å². The maximum absolute atomic E-state index is 13.6. The van der Waals surface area contributed by atoms with E-state index in [1.54, 1.807) is 66.7 Å². The van der Waals surface area contributed by atoms with E-state index in [0.29, 0.717) is 39.9 Å². The van der Waals surface area contributed by atoms with Gasteiger partial charge in [0.2, 0.25) is 5.91 Å². The van der Waals surface area contributed by atoms with Crippen molar-refractivity contribution in [3.8, 4) is 5.75 Å². The summed E-state index contributed by atoms with van der Waals surface area (Å²) in [7, 11) is 0. The van der Waals surface area contributed by atoms with E-state index in [2.05, 4.69) is 16.0 Å². The number of halogens is 1. The Morgan fingerprint density at radius 3 is 2.17 bits per heavy atom. The topological polar surface area (TPSA) is 96.5 Å². The second-order valence-corrected chi connectivity index (χ2v) is 11.9. The molecular formula is C38H32ClN3O4S. The molecule has 9 heteroatoms. The van der Waals surface area contributed by atoms with Gasteiger partial charge < -0.3 is 20.7 Å². The van der Waals surface area contributed by atoms with Crippen molar-refractivity contribution in [2.24, 2.45) is 0 Å². The van der Waals surface area contributed by atoms with E-state index in [-0.39, 0.29) is 11.6 Å². The average molecular weight is 662 g/mol. The Hall–Kier alpha value is -5.31. The summed E-state index contributed by atoms with van der Waals surface area (Å²) in [6, 6.07) is 39.7. The molecule has 0 aliphatic heterocycles. The lowest BCUT2D eigenvalue weighted by Gasteiger charge is -2.19. The van der Waals surface area contributed by atoms with Gasteiger partial charge in [-0.3, -0.25) is 14.4 Å². The predicted molar refractivity (Wildman–Crippen MR) is 190 cm³/mol. The van der Waals surface area contributed by atoms with E-state index >= 15 is 0 Å². The van der Waals surface area contributed by atoms with Gasteiger partial charge in [-0.1, -0.05) is 84.4 Å². The van der Waals surface area contributed by atoms with Gasteiger partial charge >= 0.3 is 0 Å². The fourth-order valence-corrected chi connectivity index (χ4v) is 5.83. The highest BCUT2D eigenvalue weighted by atomic mass is 35.5. The van der Waals surface area contributed by atoms with Gasteiger partial charge in [0.15, 0.2) is 0 Å². The molecule has 5 aromatic carbocycles. The number of amides is 3. The number of hydrogen-bond donors (Lipinski definition) is 3. The fraction of sp³-hybridized carbons (Fsp3) is 0.0789. The Labute approximate surface area is 283 Å². The van der Waals surface area contributed by atoms with Gasteiger partial charge in [-0.2, -0.15) is 0 Å². The van der Waals surface area contributed by atoms with Crippen molar-refractivity contribution in [1.82, 2.24) is 5.32 Å². The Kier molecular flexibility index (Phi) is 11.5. The maximum atomic E-state index is 13.6. The van der Waals surface area contributed by atoms with E-state index in [1.165, 1.54) is 11.8 Å². The SMILES string of the molecule is CCOc1ccccc1NC(=O)C(Sc1ccc(NC(=O)/C(=C/c2cccc(Cl)c2)NC(=O)c2ccccc2)cc1)c1ccccc1. The number of benzene rings is 5. The molecule has 0 fully saturated rings. The number of rotatable bonds is 12. The van der Waals surface area contributed by atoms with Crippen LogP contribution in [0.4, 0.5) is 11.4 Å². The molecule has 0 aliphatic carbocycles. The van der Waals surface area contributed by atoms with Crippen molar-refractivity contribution >= 4 is 58.5 Å². The fourth-order valence-electron chi connectivity index (χ4n) is 4.61. The van der Waals surface area contributed by atoms with E-state index in [9.17, 15) is 14.4 Å². The number of anilines is 2. The van der Waals surface area contributed by atoms with Crippen LogP contribution >= 0.6 is 23.4 Å². The third-order valence-corrected chi connectivity index (χ3v) is 8.34. The molecular weight excluding hydrogens is 630 g/mol. The minimum absolute atomic E-state index is 0.0488. The number of nitrogens with one attached hydrogen (secondary N) is 3. The van der Waals surface area contributed by atoms with Crippen molar-refractivity contribution in [2.45, 2.75) is 17.1 Å². The summed E-state index contributed by atoms with van der Waals surface area (Å²) < 4.78 is 5.70. The monoisotopic (exact) mass is 661 g/mol. The second kappa shape index (κ2) is 16.3. The highest BCUT2D eigenvalue weighted by Crippen LogP contribution is 2.37. The Bertz CT molecular complexity index is 1870. The molecule has 0 heterocycles. The van der Waals surface area contributed by atoms with Crippen molar-refractivity contribution in [2.75, 3.05) is 17.2 Å². The molecule has 5 rings (SSSR count). The largest absolute Gasteiger partial charge is 0.492 e. The van der Waals surface area contributed by atoms with Gasteiger partial charge in [0.05, 0.1) is 12.3 Å². The standard InChI is InChI=1S/C38H32ClN3O4S/c1-2-46-34-19-10-9-18-32(34)41-38(45)35(27-13-5-3-6-14-27)47-31-22-20-30(21-23-31)40-37(44)33(25-26-12-11-17-29(39)24-26)42-36(43)28-15-7-4-8-16-28/h3-25,35H,2H2,1H3,(H,40,44)(H,41,45)(H,42,43)/b33-25-. The number of hydrogen-bond acceptors (Lipinski definition) is 5. The minimum atomic E-state index is -0.563. The molecule has 0 saturated heterocycles. The van der Waals surface area contributed by atoms with E-state index in [4.69, 9.17) is 16.3 Å². The Morgan fingerprint density at radius 1 is 0.787 bits per heavy atom. The third-order valence-electron chi connectivity index (χ3n) is 6.84. The third kappa shape index (κ3) is 9.36. The van der Waals surface area contributed by atoms with Gasteiger partial charge in [0.25, 0.3) is 11.8 Å². The smallest absolute Gasteiger partial charge is 0.272 e. The number of carbonyl (C=O) groups is 3. The first-order valence-electron chi connectivity index (χ1n) is 14.9. The van der Waals surface area contributed by atoms with Gasteiger partial charge in [0, 0.05) is 21.2 Å². The quantitative estimate of drug-likeness (QED) is 0.0919. The molecule has 3 amide bonds. The van der Waals surface area contributed by atoms with Gasteiger partial charge in [-0.25, -0.2) is 0 Å². The van der Waals surface area contributed by atoms with E-state index < -0.39 is 17.1 Å². The van der Waals surface area contributed by atoms with Gasteiger partial charge in [0.1, 0.15) is 16.7 Å². The summed E-state index contributed by atoms with van der Waals surface area (Å²) >= 11 is 7.54. The lowest BCUT2D eigenvalue weighted by Crippen LogP contribution is -2.30. The van der Waals surface area contributed by atoms with Crippen LogP contribution in [0.25, 0.3) is 6.08 Å². The number of para-hydroxylation sites is 2. The molecule has 0 saturated carbocycles. The first-order valence-corrected chi connectivity index (χ1v) is 16.1. The zero-order valence-electron chi connectivity index (χ0n) is 25.5. The van der Waals surface area contributed by atoms with Crippen LogP contribution in [0.15, 0.2) is 144 Å². The van der Waals surface area contributed by atoms with Crippen molar-refractivity contribution in [3.05, 3.63) is 161 Å². The summed E-state index contributed by atoms with van der Waals surface area (Å²) in [6.45, 7) is 2.37. The molecule has 0 aliphatic rings. The van der Waals surface area contributed by atoms with Crippen LogP contribution in [0.2, 0.25) is 5.02 Å². The zero-order chi connectivity index (χ0) is 33.0. The van der Waals surface area contributed by atoms with Crippen LogP contribution in [-0.4, -0.2) is 24.3 Å². The minimum Gasteiger partial charge on any atom is -0.492 e. The van der Waals surface area contributed by atoms with Gasteiger partial charge in [-0.05, 0) is 84.8 Å². The maximum Gasteiger partial charge on any atom is 0.272 e. The normalized spacial score (nSPS) is 11.7. The predicted octanol–water partition coefficient (Wildman–Crippen LogP) is 8.62. The van der Waals surface area contributed by atoms with Gasteiger partial charge in [-0.15, -0.1) is 11.8 Å². The lowest BCUT2D eigenvalue weighted by atomic mass is 10.1. The van der Waals surface area contributed by atoms with E-state index in [1.807, 2.05) is 79.7 Å². The van der Waals surface area contributed by atoms with Crippen molar-refractivity contribution in [1.29, 1.82) is 0 Å². The van der Waals surface area contributed by atoms with Crippen molar-refractivity contribution in [3.63, 3.8) is 0 Å². The molecule has 1 atom stereocenters. The summed E-state index contributed by atoms with van der Waals surface area (Å²) in [4.78, 5) is 40.9. The average Bonchev–Trinajstić information content (AvgIpc) is 3.09. The highest BCUT2D eigenvalue weighted by molar-refractivity contribution is 8.00. The highest BCUT2D eigenvalue weighted by Gasteiger charge is 2.23. The van der Waals surface area contributed by atoms with Crippen LogP contribution in [-0.2, 0) is 9.59 Å². The second-order valence-electron chi connectivity index (χ2n) is 10.2. The van der Waals surface area contributed by atoms with Crippen LogP contribution in [0, 0.1) is 0 Å². The number of ether oxygens (including phenoxy) is 1. The molecule has 47 heavy (non-hydrogen) atoms. The molecule has 0 spiro atoms. The summed E-state index contributed by atoms with van der Waals surface area (Å²) in [5.74, 6) is -0.529. The van der Waals surface area contributed by atoms with E-state index in [0.717, 1.165) is 10.5 Å². The first-order chi connectivity index (χ1) is 22.9. The van der Waals surface area contributed by atoms with Crippen LogP contribution in [0.5, 0.6) is 5.75 Å². The summed E-state index contributed by atoms with van der Waals surface area (Å²) in [6.07, 6.45) is 1.57. The summed E-state index contributed by atoms with van der Waals surface area (Å²) in [5.41, 5.74) is 3.06. The molecule has 7 nitrogen and oxygen atoms in total. The number of carbonyl (C=O) groups excluding carboxylic acids is 3. The lowest BCUT2D eigenvalue weighted by molar-refractivity contribution is -0.116. The summed E-state index contributed by atoms with van der Waals surface area (Å²) in [5, 5.41) is 8.56. The Balaban J connectivity index is 1.33. The van der Waals surface area contributed by atoms with Crippen LogP contribution in [0.3, 0.4) is 0 Å². The molecule has 3 N–H and O–H groups in total. The molecule has 236 valence electrons. The molecule has 0 radical (unpaired) electrons. The molecule has 1 unspecified atom stereocenters. The first kappa shape index (κ1) is 33.1. The van der Waals surface area contributed by atoms with Crippen molar-refractivity contribution < 1.29 is 19.1 Å².